The normalized spacial score (nSPS) is 8.85. The Morgan fingerprint density at radius 3 is 2.00 bits per heavy atom. The first-order valence-corrected chi connectivity index (χ1v) is 4.04. The van der Waals surface area contributed by atoms with Crippen LogP contribution in [0.1, 0.15) is 19.4 Å². The fraction of sp³-hybridized carbons (Fsp3) is 0.333. The molecule has 3 N–H and O–H groups in total. The topological polar surface area (TPSA) is 60.7 Å². The van der Waals surface area contributed by atoms with E-state index in [0.717, 1.165) is 0 Å². The van der Waals surface area contributed by atoms with Crippen molar-refractivity contribution in [3.8, 4) is 17.2 Å². The van der Waals surface area contributed by atoms with Gasteiger partial charge in [-0.3, -0.25) is 0 Å². The van der Waals surface area contributed by atoms with Crippen LogP contribution in [0.15, 0.2) is 6.07 Å². The number of phenols is 3. The van der Waals surface area contributed by atoms with Gasteiger partial charge in [0.05, 0.1) is 0 Å². The number of aromatic hydroxyl groups is 3. The molecule has 0 aliphatic heterocycles. The molecule has 0 saturated carbocycles. The van der Waals surface area contributed by atoms with E-state index in [9.17, 15) is 0 Å². The van der Waals surface area contributed by atoms with Crippen LogP contribution in [0.2, 0.25) is 0 Å². The van der Waals surface area contributed by atoms with Crippen molar-refractivity contribution in [2.45, 2.75) is 20.8 Å². The highest BCUT2D eigenvalue weighted by molar-refractivity contribution is 6.33. The Hall–Kier alpha value is -1.32. The fourth-order valence-electron chi connectivity index (χ4n) is 0.760. The summed E-state index contributed by atoms with van der Waals surface area (Å²) in [5.41, 5.74) is 0.609. The van der Waals surface area contributed by atoms with Crippen molar-refractivity contribution >= 4 is 13.3 Å². The fourth-order valence-corrected chi connectivity index (χ4v) is 0.760. The molecule has 0 aliphatic rings. The molecule has 0 heterocycles. The third-order valence-corrected chi connectivity index (χ3v) is 1.55. The van der Waals surface area contributed by atoms with Crippen molar-refractivity contribution in [1.29, 1.82) is 0 Å². The van der Waals surface area contributed by atoms with Crippen molar-refractivity contribution in [3.63, 3.8) is 0 Å². The molecule has 1 rings (SSSR count). The first-order chi connectivity index (χ1) is 6.04. The summed E-state index contributed by atoms with van der Waals surface area (Å²) in [6.07, 6.45) is 0. The smallest absolute Gasteiger partial charge is 0.200 e. The van der Waals surface area contributed by atoms with Gasteiger partial charge in [-0.15, -0.1) is 0 Å². The standard InChI is InChI=1S/C7H7BO3.C2H6/c1-3-4(8)2-5(9)7(11)6(3)10;1-2/h2,9-11H,1H3;1-2H3. The van der Waals surface area contributed by atoms with Crippen LogP contribution in [-0.4, -0.2) is 23.2 Å². The van der Waals surface area contributed by atoms with Gasteiger partial charge in [0.15, 0.2) is 17.2 Å². The van der Waals surface area contributed by atoms with E-state index >= 15 is 0 Å². The number of benzene rings is 1. The Bertz CT molecular complexity index is 271. The minimum Gasteiger partial charge on any atom is -0.504 e. The van der Waals surface area contributed by atoms with Gasteiger partial charge in [0.1, 0.15) is 7.85 Å². The Morgan fingerprint density at radius 1 is 1.08 bits per heavy atom. The molecular formula is C9H13BO3. The Labute approximate surface area is 79.1 Å². The van der Waals surface area contributed by atoms with E-state index in [4.69, 9.17) is 23.2 Å². The van der Waals surface area contributed by atoms with Gasteiger partial charge >= 0.3 is 0 Å². The van der Waals surface area contributed by atoms with Gasteiger partial charge in [-0.1, -0.05) is 19.3 Å². The molecular weight excluding hydrogens is 167 g/mol. The first-order valence-electron chi connectivity index (χ1n) is 4.04. The van der Waals surface area contributed by atoms with E-state index in [1.165, 1.54) is 6.07 Å². The number of hydrogen-bond acceptors (Lipinski definition) is 3. The maximum absolute atomic E-state index is 9.08. The van der Waals surface area contributed by atoms with Crippen LogP contribution in [0.5, 0.6) is 17.2 Å². The molecule has 0 aromatic heterocycles. The van der Waals surface area contributed by atoms with Crippen molar-refractivity contribution < 1.29 is 15.3 Å². The zero-order valence-electron chi connectivity index (χ0n) is 8.00. The lowest BCUT2D eigenvalue weighted by molar-refractivity contribution is 0.367. The molecule has 0 saturated heterocycles. The molecule has 4 heteroatoms. The molecule has 1 aromatic rings. The van der Waals surface area contributed by atoms with Crippen LogP contribution in [0, 0.1) is 6.92 Å². The lowest BCUT2D eigenvalue weighted by Gasteiger charge is -2.06. The van der Waals surface area contributed by atoms with Crippen LogP contribution in [0.3, 0.4) is 0 Å². The summed E-state index contributed by atoms with van der Waals surface area (Å²) < 4.78 is 0. The lowest BCUT2D eigenvalue weighted by atomic mass is 9.90. The molecule has 13 heavy (non-hydrogen) atoms. The second-order valence-electron chi connectivity index (χ2n) is 2.31. The van der Waals surface area contributed by atoms with Crippen LogP contribution in [0.25, 0.3) is 0 Å². The second kappa shape index (κ2) is 4.65. The summed E-state index contributed by atoms with van der Waals surface area (Å²) in [6.45, 7) is 5.55. The maximum Gasteiger partial charge on any atom is 0.200 e. The average Bonchev–Trinajstić information content (AvgIpc) is 2.15. The van der Waals surface area contributed by atoms with Gasteiger partial charge in [0.2, 0.25) is 0 Å². The van der Waals surface area contributed by atoms with Crippen LogP contribution in [-0.2, 0) is 0 Å². The van der Waals surface area contributed by atoms with Gasteiger partial charge in [0, 0.05) is 0 Å². The molecule has 2 radical (unpaired) electrons. The molecule has 70 valence electrons. The molecule has 0 amide bonds. The maximum atomic E-state index is 9.08. The van der Waals surface area contributed by atoms with E-state index < -0.39 is 11.5 Å². The SMILES string of the molecule is CC.[B]c1cc(O)c(O)c(O)c1C. The largest absolute Gasteiger partial charge is 0.504 e. The second-order valence-corrected chi connectivity index (χ2v) is 2.31. The van der Waals surface area contributed by atoms with Crippen molar-refractivity contribution in [2.75, 3.05) is 0 Å². The molecule has 0 unspecified atom stereocenters. The van der Waals surface area contributed by atoms with Gasteiger partial charge in [-0.2, -0.15) is 0 Å². The molecule has 3 nitrogen and oxygen atoms in total. The van der Waals surface area contributed by atoms with Crippen molar-refractivity contribution in [2.24, 2.45) is 0 Å². The zero-order chi connectivity index (χ0) is 10.6. The summed E-state index contributed by atoms with van der Waals surface area (Å²) in [6, 6.07) is 1.18. The third kappa shape index (κ3) is 2.31. The molecule has 0 bridgehead atoms. The van der Waals surface area contributed by atoms with E-state index in [2.05, 4.69) is 0 Å². The van der Waals surface area contributed by atoms with E-state index in [1.807, 2.05) is 13.8 Å². The van der Waals surface area contributed by atoms with Gasteiger partial charge in [0.25, 0.3) is 0 Å². The quantitative estimate of drug-likeness (QED) is 0.411. The number of hydrogen-bond donors (Lipinski definition) is 3. The van der Waals surface area contributed by atoms with Crippen LogP contribution in [0.4, 0.5) is 0 Å². The summed E-state index contributed by atoms with van der Waals surface area (Å²) in [4.78, 5) is 0. The van der Waals surface area contributed by atoms with E-state index in [0.29, 0.717) is 5.56 Å². The van der Waals surface area contributed by atoms with Gasteiger partial charge in [-0.05, 0) is 18.6 Å². The minimum atomic E-state index is -0.531. The van der Waals surface area contributed by atoms with E-state index in [-0.39, 0.29) is 11.2 Å². The average molecular weight is 180 g/mol. The molecule has 0 fully saturated rings. The lowest BCUT2D eigenvalue weighted by Crippen LogP contribution is -2.06. The summed E-state index contributed by atoms with van der Waals surface area (Å²) in [5.74, 6) is -1.32. The summed E-state index contributed by atoms with van der Waals surface area (Å²) in [7, 11) is 5.36. The Kier molecular flexibility index (Phi) is 4.18. The highest BCUT2D eigenvalue weighted by Gasteiger charge is 2.09. The van der Waals surface area contributed by atoms with Crippen LogP contribution < -0.4 is 5.46 Å². The number of phenolic OH excluding ortho intramolecular Hbond substituents is 3. The Balaban J connectivity index is 0.000000671. The van der Waals surface area contributed by atoms with E-state index in [1.54, 1.807) is 6.92 Å². The van der Waals surface area contributed by atoms with Crippen LogP contribution >= 0.6 is 0 Å². The highest BCUT2D eigenvalue weighted by Crippen LogP contribution is 2.34. The third-order valence-electron chi connectivity index (χ3n) is 1.55. The Morgan fingerprint density at radius 2 is 1.54 bits per heavy atom. The molecule has 1 aromatic carbocycles. The zero-order valence-corrected chi connectivity index (χ0v) is 8.00. The predicted octanol–water partition coefficient (Wildman–Crippen LogP) is 0.932. The minimum absolute atomic E-state index is 0.248. The van der Waals surface area contributed by atoms with Gasteiger partial charge < -0.3 is 15.3 Å². The first kappa shape index (κ1) is 11.7. The number of rotatable bonds is 0. The monoisotopic (exact) mass is 180 g/mol. The molecule has 0 spiro atoms. The van der Waals surface area contributed by atoms with Crippen molar-refractivity contribution in [3.05, 3.63) is 11.6 Å². The summed E-state index contributed by atoms with van der Waals surface area (Å²) >= 11 is 0. The predicted molar refractivity (Wildman–Crippen MR) is 52.9 cm³/mol. The highest BCUT2D eigenvalue weighted by atomic mass is 16.3. The van der Waals surface area contributed by atoms with Crippen molar-refractivity contribution in [1.82, 2.24) is 0 Å². The van der Waals surface area contributed by atoms with Gasteiger partial charge in [-0.25, -0.2) is 0 Å². The molecule has 0 atom stereocenters. The summed E-state index contributed by atoms with van der Waals surface area (Å²) in [5, 5.41) is 26.9. The molecule has 0 aliphatic carbocycles.